The maximum absolute atomic E-state index is 13.0. The molecule has 1 aromatic heterocycles. The molecule has 3 aromatic carbocycles. The van der Waals surface area contributed by atoms with E-state index in [1.807, 2.05) is 85.4 Å². The van der Waals surface area contributed by atoms with Gasteiger partial charge in [0.2, 0.25) is 0 Å². The van der Waals surface area contributed by atoms with Crippen molar-refractivity contribution in [3.05, 3.63) is 78.0 Å². The molecule has 0 bridgehead atoms. The molecule has 5 nitrogen and oxygen atoms in total. The fourth-order valence-corrected chi connectivity index (χ4v) is 3.66. The van der Waals surface area contributed by atoms with Crippen LogP contribution in [0.5, 0.6) is 5.75 Å². The summed E-state index contributed by atoms with van der Waals surface area (Å²) < 4.78 is 7.71. The van der Waals surface area contributed by atoms with Crippen LogP contribution in [0.3, 0.4) is 0 Å². The van der Waals surface area contributed by atoms with Gasteiger partial charge in [-0.25, -0.2) is 0 Å². The Hall–Kier alpha value is -3.31. The molecular weight excluding hydrogens is 364 g/mol. The molecule has 5 heteroatoms. The van der Waals surface area contributed by atoms with Gasteiger partial charge in [-0.1, -0.05) is 36.4 Å². The van der Waals surface area contributed by atoms with Crippen molar-refractivity contribution < 1.29 is 14.6 Å². The largest absolute Gasteiger partial charge is 0.493 e. The van der Waals surface area contributed by atoms with Crippen LogP contribution in [0.1, 0.15) is 28.9 Å². The van der Waals surface area contributed by atoms with E-state index < -0.39 is 6.10 Å². The number of aromatic nitrogens is 1. The van der Waals surface area contributed by atoms with Crippen molar-refractivity contribution in [2.75, 3.05) is 13.2 Å². The van der Waals surface area contributed by atoms with Crippen LogP contribution >= 0.6 is 0 Å². The minimum atomic E-state index is -0.797. The first-order valence-electron chi connectivity index (χ1n) is 9.74. The van der Waals surface area contributed by atoms with E-state index in [0.717, 1.165) is 27.2 Å². The molecule has 1 heterocycles. The van der Waals surface area contributed by atoms with E-state index in [1.165, 1.54) is 0 Å². The van der Waals surface area contributed by atoms with Crippen LogP contribution in [0.25, 0.3) is 21.7 Å². The smallest absolute Gasteiger partial charge is 0.255 e. The van der Waals surface area contributed by atoms with Crippen molar-refractivity contribution in [3.63, 3.8) is 0 Å². The summed E-state index contributed by atoms with van der Waals surface area (Å²) in [6, 6.07) is 19.3. The first-order chi connectivity index (χ1) is 14.1. The molecule has 4 rings (SSSR count). The van der Waals surface area contributed by atoms with Gasteiger partial charge in [0.15, 0.2) is 0 Å². The van der Waals surface area contributed by atoms with Crippen LogP contribution in [0.4, 0.5) is 0 Å². The lowest BCUT2D eigenvalue weighted by atomic mass is 10.0. The number of nitrogens with one attached hydrogen (secondary N) is 1. The van der Waals surface area contributed by atoms with Crippen LogP contribution in [0, 0.1) is 0 Å². The summed E-state index contributed by atoms with van der Waals surface area (Å²) in [7, 11) is 1.98. The monoisotopic (exact) mass is 388 g/mol. The number of aryl methyl sites for hydroxylation is 1. The Kier molecular flexibility index (Phi) is 5.23. The highest BCUT2D eigenvalue weighted by Crippen LogP contribution is 2.28. The van der Waals surface area contributed by atoms with E-state index in [0.29, 0.717) is 17.9 Å². The number of aliphatic hydroxyl groups excluding tert-OH is 1. The van der Waals surface area contributed by atoms with E-state index >= 15 is 0 Å². The molecular formula is C24H24N2O3. The van der Waals surface area contributed by atoms with Crippen molar-refractivity contribution in [3.8, 4) is 5.75 Å². The third kappa shape index (κ3) is 3.69. The highest BCUT2D eigenvalue weighted by atomic mass is 16.5. The van der Waals surface area contributed by atoms with Gasteiger partial charge in [-0.15, -0.1) is 0 Å². The van der Waals surface area contributed by atoms with Gasteiger partial charge < -0.3 is 19.7 Å². The van der Waals surface area contributed by atoms with Crippen LogP contribution in [0.15, 0.2) is 66.9 Å². The second-order valence-corrected chi connectivity index (χ2v) is 7.06. The number of ether oxygens (including phenoxy) is 1. The number of carbonyl (C=O) groups excluding carboxylic acids is 1. The highest BCUT2D eigenvalue weighted by molar-refractivity contribution is 6.09. The molecule has 1 atom stereocenters. The van der Waals surface area contributed by atoms with E-state index in [1.54, 1.807) is 0 Å². The Balaban J connectivity index is 1.56. The second kappa shape index (κ2) is 7.97. The number of nitrogens with zero attached hydrogens (tertiary/aromatic N) is 1. The average molecular weight is 388 g/mol. The van der Waals surface area contributed by atoms with E-state index in [4.69, 9.17) is 4.74 Å². The number of rotatable bonds is 6. The van der Waals surface area contributed by atoms with Crippen molar-refractivity contribution in [2.45, 2.75) is 13.0 Å². The summed E-state index contributed by atoms with van der Waals surface area (Å²) in [5, 5.41) is 16.3. The maximum atomic E-state index is 13.0. The Morgan fingerprint density at radius 3 is 2.76 bits per heavy atom. The molecule has 0 saturated carbocycles. The summed E-state index contributed by atoms with van der Waals surface area (Å²) in [5.74, 6) is 0.286. The van der Waals surface area contributed by atoms with Crippen molar-refractivity contribution in [1.29, 1.82) is 0 Å². The number of hydrogen-bond acceptors (Lipinski definition) is 3. The molecule has 0 radical (unpaired) electrons. The molecule has 0 aliphatic rings. The molecule has 148 valence electrons. The zero-order valence-electron chi connectivity index (χ0n) is 16.6. The predicted octanol–water partition coefficient (Wildman–Crippen LogP) is 4.19. The van der Waals surface area contributed by atoms with Crippen molar-refractivity contribution in [1.82, 2.24) is 9.88 Å². The van der Waals surface area contributed by atoms with Crippen LogP contribution in [0.2, 0.25) is 0 Å². The number of amides is 1. The molecule has 1 unspecified atom stereocenters. The van der Waals surface area contributed by atoms with Gasteiger partial charge in [-0.3, -0.25) is 4.79 Å². The molecule has 1 amide bonds. The third-order valence-corrected chi connectivity index (χ3v) is 5.17. The number of benzene rings is 3. The van der Waals surface area contributed by atoms with Crippen molar-refractivity contribution >= 4 is 27.6 Å². The summed E-state index contributed by atoms with van der Waals surface area (Å²) in [6.07, 6.45) is 1.19. The zero-order chi connectivity index (χ0) is 20.4. The minimum Gasteiger partial charge on any atom is -0.493 e. The lowest BCUT2D eigenvalue weighted by Gasteiger charge is -2.16. The average Bonchev–Trinajstić information content (AvgIpc) is 3.12. The molecule has 0 aliphatic carbocycles. The summed E-state index contributed by atoms with van der Waals surface area (Å²) >= 11 is 0. The SMILES string of the molecule is CCOc1ccc2ccccc2c1C(=O)NCC(O)c1ccc2c(ccn2C)c1. The molecule has 4 aromatic rings. The first kappa shape index (κ1) is 19.0. The van der Waals surface area contributed by atoms with E-state index in [2.05, 4.69) is 5.32 Å². The molecule has 2 N–H and O–H groups in total. The Morgan fingerprint density at radius 1 is 1.10 bits per heavy atom. The fourth-order valence-electron chi connectivity index (χ4n) is 3.66. The van der Waals surface area contributed by atoms with Gasteiger partial charge in [0, 0.05) is 25.3 Å². The van der Waals surface area contributed by atoms with Crippen LogP contribution in [-0.4, -0.2) is 28.7 Å². The van der Waals surface area contributed by atoms with Gasteiger partial charge >= 0.3 is 0 Å². The number of aliphatic hydroxyl groups is 1. The highest BCUT2D eigenvalue weighted by Gasteiger charge is 2.18. The van der Waals surface area contributed by atoms with Crippen LogP contribution < -0.4 is 10.1 Å². The standard InChI is InChI=1S/C24H24N2O3/c1-3-29-22-11-9-16-6-4-5-7-19(16)23(22)24(28)25-15-21(27)18-8-10-20-17(14-18)12-13-26(20)2/h4-14,21,27H,3,15H2,1-2H3,(H,25,28). The first-order valence-corrected chi connectivity index (χ1v) is 9.74. The van der Waals surface area contributed by atoms with E-state index in [9.17, 15) is 9.90 Å². The van der Waals surface area contributed by atoms with E-state index in [-0.39, 0.29) is 12.5 Å². The van der Waals surface area contributed by atoms with Gasteiger partial charge in [-0.05, 0) is 52.9 Å². The Labute approximate surface area is 169 Å². The topological polar surface area (TPSA) is 63.5 Å². The predicted molar refractivity (Wildman–Crippen MR) is 115 cm³/mol. The molecule has 0 aliphatic heterocycles. The third-order valence-electron chi connectivity index (χ3n) is 5.17. The van der Waals surface area contributed by atoms with Gasteiger partial charge in [0.1, 0.15) is 5.75 Å². The van der Waals surface area contributed by atoms with Crippen LogP contribution in [-0.2, 0) is 7.05 Å². The lowest BCUT2D eigenvalue weighted by molar-refractivity contribution is 0.0914. The molecule has 0 saturated heterocycles. The number of fused-ring (bicyclic) bond motifs is 2. The Bertz CT molecular complexity index is 1180. The normalized spacial score (nSPS) is 12.2. The summed E-state index contributed by atoms with van der Waals surface area (Å²) in [6.45, 7) is 2.48. The molecule has 0 fully saturated rings. The molecule has 0 spiro atoms. The van der Waals surface area contributed by atoms with Gasteiger partial charge in [-0.2, -0.15) is 0 Å². The number of carbonyl (C=O) groups is 1. The minimum absolute atomic E-state index is 0.117. The summed E-state index contributed by atoms with van der Waals surface area (Å²) in [4.78, 5) is 13.0. The lowest BCUT2D eigenvalue weighted by Crippen LogP contribution is -2.29. The summed E-state index contributed by atoms with van der Waals surface area (Å²) in [5.41, 5.74) is 2.37. The Morgan fingerprint density at radius 2 is 1.93 bits per heavy atom. The second-order valence-electron chi connectivity index (χ2n) is 7.06. The quantitative estimate of drug-likeness (QED) is 0.520. The molecule has 29 heavy (non-hydrogen) atoms. The van der Waals surface area contributed by atoms with Gasteiger partial charge in [0.25, 0.3) is 5.91 Å². The zero-order valence-corrected chi connectivity index (χ0v) is 16.6. The number of hydrogen-bond donors (Lipinski definition) is 2. The fraction of sp³-hybridized carbons (Fsp3) is 0.208. The van der Waals surface area contributed by atoms with Gasteiger partial charge in [0.05, 0.1) is 18.3 Å². The van der Waals surface area contributed by atoms with Crippen molar-refractivity contribution in [2.24, 2.45) is 7.05 Å². The maximum Gasteiger partial charge on any atom is 0.255 e.